The van der Waals surface area contributed by atoms with Gasteiger partial charge in [-0.05, 0) is 31.0 Å². The lowest BCUT2D eigenvalue weighted by molar-refractivity contribution is 0.124. The standard InChI is InChI=1S/C14H19ClF2N2/c15-13-6-2-1-4-11(13)9-19-7-3-5-12(10-19)18-8-14(16)17/h1-2,4,6,12,14,18H,3,5,7-10H2. The lowest BCUT2D eigenvalue weighted by Gasteiger charge is -2.33. The summed E-state index contributed by atoms with van der Waals surface area (Å²) in [4.78, 5) is 2.27. The molecule has 1 aromatic rings. The van der Waals surface area contributed by atoms with E-state index < -0.39 is 6.43 Å². The molecule has 1 unspecified atom stereocenters. The summed E-state index contributed by atoms with van der Waals surface area (Å²) in [6.45, 7) is 2.37. The molecule has 1 N–H and O–H groups in total. The second-order valence-electron chi connectivity index (χ2n) is 4.97. The highest BCUT2D eigenvalue weighted by atomic mass is 35.5. The van der Waals surface area contributed by atoms with Crippen molar-refractivity contribution in [2.75, 3.05) is 19.6 Å². The molecule has 2 rings (SSSR count). The van der Waals surface area contributed by atoms with Gasteiger partial charge in [0.25, 0.3) is 6.43 Å². The Morgan fingerprint density at radius 1 is 1.37 bits per heavy atom. The number of likely N-dealkylation sites (tertiary alicyclic amines) is 1. The van der Waals surface area contributed by atoms with E-state index in [0.717, 1.165) is 43.1 Å². The molecule has 19 heavy (non-hydrogen) atoms. The third-order valence-electron chi connectivity index (χ3n) is 3.42. The highest BCUT2D eigenvalue weighted by molar-refractivity contribution is 6.31. The van der Waals surface area contributed by atoms with Crippen LogP contribution in [0.2, 0.25) is 5.02 Å². The topological polar surface area (TPSA) is 15.3 Å². The predicted molar refractivity (Wildman–Crippen MR) is 73.8 cm³/mol. The quantitative estimate of drug-likeness (QED) is 0.895. The van der Waals surface area contributed by atoms with Gasteiger partial charge in [-0.25, -0.2) is 8.78 Å². The molecular formula is C14H19ClF2N2. The molecule has 0 aliphatic carbocycles. The molecule has 5 heteroatoms. The van der Waals surface area contributed by atoms with E-state index in [-0.39, 0.29) is 12.6 Å². The molecule has 1 saturated heterocycles. The Morgan fingerprint density at radius 2 is 2.16 bits per heavy atom. The van der Waals surface area contributed by atoms with Crippen molar-refractivity contribution in [1.29, 1.82) is 0 Å². The SMILES string of the molecule is FC(F)CNC1CCCN(Cc2ccccc2Cl)C1. The maximum atomic E-state index is 12.2. The van der Waals surface area contributed by atoms with Gasteiger partial charge >= 0.3 is 0 Å². The van der Waals surface area contributed by atoms with Crippen LogP contribution in [0.4, 0.5) is 8.78 Å². The number of nitrogens with one attached hydrogen (secondary N) is 1. The molecule has 1 fully saturated rings. The second kappa shape index (κ2) is 7.17. The maximum Gasteiger partial charge on any atom is 0.250 e. The molecule has 0 radical (unpaired) electrons. The van der Waals surface area contributed by atoms with Gasteiger partial charge in [0.05, 0.1) is 6.54 Å². The van der Waals surface area contributed by atoms with E-state index in [4.69, 9.17) is 11.6 Å². The number of piperidine rings is 1. The maximum absolute atomic E-state index is 12.2. The van der Waals surface area contributed by atoms with Gasteiger partial charge in [0, 0.05) is 24.2 Å². The molecule has 1 aliphatic rings. The fraction of sp³-hybridized carbons (Fsp3) is 0.571. The third-order valence-corrected chi connectivity index (χ3v) is 3.79. The summed E-state index contributed by atoms with van der Waals surface area (Å²) in [6, 6.07) is 7.93. The predicted octanol–water partition coefficient (Wildman–Crippen LogP) is 3.16. The zero-order chi connectivity index (χ0) is 13.7. The first-order valence-corrected chi connectivity index (χ1v) is 7.00. The van der Waals surface area contributed by atoms with Crippen LogP contribution in [0.1, 0.15) is 18.4 Å². The van der Waals surface area contributed by atoms with Gasteiger partial charge in [0.1, 0.15) is 0 Å². The first kappa shape index (κ1) is 14.7. The number of hydrogen-bond acceptors (Lipinski definition) is 2. The van der Waals surface area contributed by atoms with Crippen LogP contribution in [0.15, 0.2) is 24.3 Å². The number of nitrogens with zero attached hydrogens (tertiary/aromatic N) is 1. The van der Waals surface area contributed by atoms with Crippen molar-refractivity contribution < 1.29 is 8.78 Å². The Balaban J connectivity index is 1.86. The fourth-order valence-corrected chi connectivity index (χ4v) is 2.68. The molecule has 0 amide bonds. The highest BCUT2D eigenvalue weighted by Crippen LogP contribution is 2.19. The van der Waals surface area contributed by atoms with Gasteiger partial charge in [0.15, 0.2) is 0 Å². The van der Waals surface area contributed by atoms with E-state index in [0.29, 0.717) is 0 Å². The van der Waals surface area contributed by atoms with Crippen LogP contribution in [0, 0.1) is 0 Å². The Hall–Kier alpha value is -0.710. The minimum atomic E-state index is -2.28. The fourth-order valence-electron chi connectivity index (χ4n) is 2.49. The molecule has 0 aromatic heterocycles. The van der Waals surface area contributed by atoms with Crippen LogP contribution in [0.25, 0.3) is 0 Å². The molecular weight excluding hydrogens is 270 g/mol. The summed E-state index contributed by atoms with van der Waals surface area (Å²) in [5, 5.41) is 3.70. The molecule has 0 spiro atoms. The third kappa shape index (κ3) is 4.71. The molecule has 1 aromatic carbocycles. The van der Waals surface area contributed by atoms with Crippen LogP contribution < -0.4 is 5.32 Å². The number of alkyl halides is 2. The lowest BCUT2D eigenvalue weighted by atomic mass is 10.0. The Kier molecular flexibility index (Phi) is 5.55. The molecule has 1 aliphatic heterocycles. The second-order valence-corrected chi connectivity index (χ2v) is 5.37. The summed E-state index contributed by atoms with van der Waals surface area (Å²) in [7, 11) is 0. The summed E-state index contributed by atoms with van der Waals surface area (Å²) < 4.78 is 24.4. The molecule has 0 saturated carbocycles. The van der Waals surface area contributed by atoms with Gasteiger partial charge in [-0.1, -0.05) is 29.8 Å². The van der Waals surface area contributed by atoms with Crippen molar-refractivity contribution in [2.24, 2.45) is 0 Å². The molecule has 1 heterocycles. The zero-order valence-electron chi connectivity index (χ0n) is 10.8. The average Bonchev–Trinajstić information content (AvgIpc) is 2.40. The summed E-state index contributed by atoms with van der Waals surface area (Å²) >= 11 is 6.14. The van der Waals surface area contributed by atoms with Crippen LogP contribution in [0.5, 0.6) is 0 Å². The number of hydrogen-bond donors (Lipinski definition) is 1. The van der Waals surface area contributed by atoms with E-state index in [1.54, 1.807) is 0 Å². The van der Waals surface area contributed by atoms with Gasteiger partial charge in [-0.2, -0.15) is 0 Å². The first-order valence-electron chi connectivity index (χ1n) is 6.62. The Bertz CT molecular complexity index is 401. The summed E-state index contributed by atoms with van der Waals surface area (Å²) in [6.07, 6.45) is -0.282. The van der Waals surface area contributed by atoms with E-state index >= 15 is 0 Å². The Morgan fingerprint density at radius 3 is 2.89 bits per heavy atom. The molecule has 2 nitrogen and oxygen atoms in total. The molecule has 1 atom stereocenters. The molecule has 106 valence electrons. The largest absolute Gasteiger partial charge is 0.307 e. The van der Waals surface area contributed by atoms with E-state index in [2.05, 4.69) is 10.2 Å². The number of halogens is 3. The van der Waals surface area contributed by atoms with Crippen molar-refractivity contribution in [3.63, 3.8) is 0 Å². The Labute approximate surface area is 117 Å². The van der Waals surface area contributed by atoms with E-state index in [1.807, 2.05) is 24.3 Å². The van der Waals surface area contributed by atoms with Gasteiger partial charge in [-0.15, -0.1) is 0 Å². The average molecular weight is 289 g/mol. The van der Waals surface area contributed by atoms with Crippen LogP contribution >= 0.6 is 11.6 Å². The van der Waals surface area contributed by atoms with Gasteiger partial charge in [-0.3, -0.25) is 4.90 Å². The van der Waals surface area contributed by atoms with Crippen LogP contribution in [0.3, 0.4) is 0 Å². The minimum Gasteiger partial charge on any atom is -0.307 e. The monoisotopic (exact) mass is 288 g/mol. The number of rotatable bonds is 5. The van der Waals surface area contributed by atoms with Crippen molar-refractivity contribution in [2.45, 2.75) is 31.9 Å². The van der Waals surface area contributed by atoms with Crippen molar-refractivity contribution in [3.05, 3.63) is 34.9 Å². The van der Waals surface area contributed by atoms with Gasteiger partial charge in [0.2, 0.25) is 0 Å². The van der Waals surface area contributed by atoms with Crippen molar-refractivity contribution >= 4 is 11.6 Å². The molecule has 0 bridgehead atoms. The normalized spacial score (nSPS) is 20.9. The minimum absolute atomic E-state index is 0.158. The van der Waals surface area contributed by atoms with Crippen molar-refractivity contribution in [1.82, 2.24) is 10.2 Å². The van der Waals surface area contributed by atoms with Gasteiger partial charge < -0.3 is 5.32 Å². The van der Waals surface area contributed by atoms with E-state index in [1.165, 1.54) is 0 Å². The van der Waals surface area contributed by atoms with Crippen molar-refractivity contribution in [3.8, 4) is 0 Å². The lowest BCUT2D eigenvalue weighted by Crippen LogP contribution is -2.46. The van der Waals surface area contributed by atoms with E-state index in [9.17, 15) is 8.78 Å². The van der Waals surface area contributed by atoms with Crippen LogP contribution in [-0.2, 0) is 6.54 Å². The first-order chi connectivity index (χ1) is 9.15. The zero-order valence-corrected chi connectivity index (χ0v) is 11.5. The summed E-state index contributed by atoms with van der Waals surface area (Å²) in [5.74, 6) is 0. The van der Waals surface area contributed by atoms with Crippen LogP contribution in [-0.4, -0.2) is 37.0 Å². The smallest absolute Gasteiger partial charge is 0.250 e. The summed E-state index contributed by atoms with van der Waals surface area (Å²) in [5.41, 5.74) is 1.10. The number of benzene rings is 1. The highest BCUT2D eigenvalue weighted by Gasteiger charge is 2.20.